The zero-order valence-corrected chi connectivity index (χ0v) is 18.2. The summed E-state index contributed by atoms with van der Waals surface area (Å²) in [6, 6.07) is 20.4. The van der Waals surface area contributed by atoms with Gasteiger partial charge in [0.2, 0.25) is 0 Å². The predicted molar refractivity (Wildman–Crippen MR) is 125 cm³/mol. The lowest BCUT2D eigenvalue weighted by molar-refractivity contribution is 0.0752. The topological polar surface area (TPSA) is 32.8 Å². The molecule has 0 radical (unpaired) electrons. The first-order chi connectivity index (χ1) is 14.7. The van der Waals surface area contributed by atoms with Gasteiger partial charge < -0.3 is 14.5 Å². The summed E-state index contributed by atoms with van der Waals surface area (Å²) in [5.41, 5.74) is 1.15. The summed E-state index contributed by atoms with van der Waals surface area (Å²) in [4.78, 5) is 18.1. The minimum atomic E-state index is 0.0275. The Kier molecular flexibility index (Phi) is 5.01. The van der Waals surface area contributed by atoms with Crippen molar-refractivity contribution in [1.82, 2.24) is 4.90 Å². The minimum absolute atomic E-state index is 0.0275. The Morgan fingerprint density at radius 1 is 0.967 bits per heavy atom. The molecule has 0 unspecified atom stereocenters. The van der Waals surface area contributed by atoms with E-state index in [2.05, 4.69) is 41.3 Å². The van der Waals surface area contributed by atoms with Gasteiger partial charge in [0.25, 0.3) is 5.91 Å². The number of carbonyl (C=O) groups is 1. The van der Waals surface area contributed by atoms with Crippen LogP contribution in [-0.4, -0.2) is 44.1 Å². The van der Waals surface area contributed by atoms with Crippen LogP contribution in [0.15, 0.2) is 60.7 Å². The van der Waals surface area contributed by atoms with Gasteiger partial charge in [-0.1, -0.05) is 41.9 Å². The Morgan fingerprint density at radius 2 is 1.70 bits per heavy atom. The Labute approximate surface area is 184 Å². The van der Waals surface area contributed by atoms with E-state index in [0.717, 1.165) is 45.4 Å². The first-order valence-corrected chi connectivity index (χ1v) is 11.1. The molecule has 0 atom stereocenters. The first kappa shape index (κ1) is 19.2. The van der Waals surface area contributed by atoms with Gasteiger partial charge in [0.15, 0.2) is 0 Å². The molecule has 0 spiro atoms. The van der Waals surface area contributed by atoms with Crippen LogP contribution in [0.1, 0.15) is 9.67 Å². The molecule has 1 aliphatic heterocycles. The molecule has 1 aromatic heterocycles. The van der Waals surface area contributed by atoms with Gasteiger partial charge in [0, 0.05) is 42.0 Å². The van der Waals surface area contributed by atoms with Crippen molar-refractivity contribution in [2.75, 3.05) is 38.2 Å². The summed E-state index contributed by atoms with van der Waals surface area (Å²) in [6.45, 7) is 2.94. The molecule has 5 rings (SSSR count). The molecule has 0 aliphatic carbocycles. The van der Waals surface area contributed by atoms with E-state index in [9.17, 15) is 4.79 Å². The molecule has 30 heavy (non-hydrogen) atoms. The summed E-state index contributed by atoms with van der Waals surface area (Å²) in [7, 11) is 1.67. The van der Waals surface area contributed by atoms with E-state index < -0.39 is 0 Å². The second kappa shape index (κ2) is 7.82. The van der Waals surface area contributed by atoms with E-state index in [4.69, 9.17) is 16.3 Å². The highest BCUT2D eigenvalue weighted by Gasteiger charge is 2.26. The highest BCUT2D eigenvalue weighted by molar-refractivity contribution is 7.21. The molecular formula is C24H21ClN2O2S. The number of hydrogen-bond donors (Lipinski definition) is 0. The second-order valence-corrected chi connectivity index (χ2v) is 8.81. The highest BCUT2D eigenvalue weighted by atomic mass is 35.5. The van der Waals surface area contributed by atoms with Crippen LogP contribution in [-0.2, 0) is 0 Å². The first-order valence-electron chi connectivity index (χ1n) is 9.94. The third-order valence-corrected chi connectivity index (χ3v) is 7.35. The number of nitrogens with zero attached hydrogens (tertiary/aromatic N) is 2. The Hall–Kier alpha value is -2.76. The lowest BCUT2D eigenvalue weighted by Crippen LogP contribution is -2.48. The van der Waals surface area contributed by atoms with Gasteiger partial charge >= 0.3 is 0 Å². The normalized spacial score (nSPS) is 14.5. The summed E-state index contributed by atoms with van der Waals surface area (Å²) in [6.07, 6.45) is 0. The average Bonchev–Trinajstić information content (AvgIpc) is 3.15. The van der Waals surface area contributed by atoms with Crippen molar-refractivity contribution < 1.29 is 9.53 Å². The molecule has 1 fully saturated rings. The number of anilines is 1. The number of benzene rings is 3. The van der Waals surface area contributed by atoms with Crippen LogP contribution in [0.4, 0.5) is 5.69 Å². The fraction of sp³-hybridized carbons (Fsp3) is 0.208. The van der Waals surface area contributed by atoms with Crippen molar-refractivity contribution in [2.24, 2.45) is 0 Å². The molecule has 4 nitrogen and oxygen atoms in total. The third kappa shape index (κ3) is 3.28. The number of piperazine rings is 1. The predicted octanol–water partition coefficient (Wildman–Crippen LogP) is 5.68. The van der Waals surface area contributed by atoms with Gasteiger partial charge in [-0.05, 0) is 41.1 Å². The fourth-order valence-corrected chi connectivity index (χ4v) is 5.61. The quantitative estimate of drug-likeness (QED) is 0.414. The average molecular weight is 437 g/mol. The number of hydrogen-bond acceptors (Lipinski definition) is 4. The molecule has 0 saturated carbocycles. The van der Waals surface area contributed by atoms with E-state index in [1.54, 1.807) is 7.11 Å². The zero-order valence-electron chi connectivity index (χ0n) is 16.6. The van der Waals surface area contributed by atoms with Gasteiger partial charge in [-0.25, -0.2) is 0 Å². The smallest absolute Gasteiger partial charge is 0.265 e. The van der Waals surface area contributed by atoms with E-state index in [1.165, 1.54) is 11.3 Å². The molecule has 4 aromatic rings. The summed E-state index contributed by atoms with van der Waals surface area (Å²) in [5, 5.41) is 3.80. The standard InChI is InChI=1S/C24H21ClN2O2S/c1-29-18-9-7-17(8-10-18)26-12-14-27(15-13-26)24(28)23-22(25)21-19-5-3-2-4-16(19)6-11-20(21)30-23/h2-11H,12-15H2,1H3. The van der Waals surface area contributed by atoms with Gasteiger partial charge in [0.05, 0.1) is 12.1 Å². The highest BCUT2D eigenvalue weighted by Crippen LogP contribution is 2.40. The molecule has 1 saturated heterocycles. The molecule has 3 aromatic carbocycles. The van der Waals surface area contributed by atoms with Crippen LogP contribution in [0, 0.1) is 0 Å². The Balaban J connectivity index is 1.37. The molecule has 0 bridgehead atoms. The van der Waals surface area contributed by atoms with Crippen LogP contribution in [0.2, 0.25) is 5.02 Å². The van der Waals surface area contributed by atoms with Crippen LogP contribution in [0.3, 0.4) is 0 Å². The SMILES string of the molecule is COc1ccc(N2CCN(C(=O)c3sc4ccc5ccccc5c4c3Cl)CC2)cc1. The fourth-order valence-electron chi connectivity index (χ4n) is 4.07. The van der Waals surface area contributed by atoms with Crippen LogP contribution in [0.5, 0.6) is 5.75 Å². The van der Waals surface area contributed by atoms with E-state index in [0.29, 0.717) is 23.0 Å². The van der Waals surface area contributed by atoms with Crippen LogP contribution < -0.4 is 9.64 Å². The molecule has 1 amide bonds. The Bertz CT molecular complexity index is 1230. The summed E-state index contributed by atoms with van der Waals surface area (Å²) < 4.78 is 6.29. The monoisotopic (exact) mass is 436 g/mol. The molecule has 0 N–H and O–H groups in total. The number of thiophene rings is 1. The summed E-state index contributed by atoms with van der Waals surface area (Å²) in [5.74, 6) is 0.874. The molecule has 6 heteroatoms. The van der Waals surface area contributed by atoms with Gasteiger partial charge in [-0.3, -0.25) is 4.79 Å². The van der Waals surface area contributed by atoms with Gasteiger partial charge in [0.1, 0.15) is 10.6 Å². The number of methoxy groups -OCH3 is 1. The van der Waals surface area contributed by atoms with Crippen molar-refractivity contribution in [3.63, 3.8) is 0 Å². The van der Waals surface area contributed by atoms with E-state index in [-0.39, 0.29) is 5.91 Å². The van der Waals surface area contributed by atoms with Crippen LogP contribution in [0.25, 0.3) is 20.9 Å². The zero-order chi connectivity index (χ0) is 20.7. The summed E-state index contributed by atoms with van der Waals surface area (Å²) >= 11 is 8.24. The van der Waals surface area contributed by atoms with Crippen molar-refractivity contribution in [3.8, 4) is 5.75 Å². The maximum atomic E-state index is 13.3. The van der Waals surface area contributed by atoms with Gasteiger partial charge in [-0.2, -0.15) is 0 Å². The minimum Gasteiger partial charge on any atom is -0.497 e. The number of carbonyl (C=O) groups excluding carboxylic acids is 1. The molecule has 152 valence electrons. The van der Waals surface area contributed by atoms with Crippen LogP contribution >= 0.6 is 22.9 Å². The van der Waals surface area contributed by atoms with Crippen molar-refractivity contribution in [3.05, 3.63) is 70.6 Å². The molecule has 2 heterocycles. The number of fused-ring (bicyclic) bond motifs is 3. The molecular weight excluding hydrogens is 416 g/mol. The second-order valence-electron chi connectivity index (χ2n) is 7.38. The van der Waals surface area contributed by atoms with Gasteiger partial charge in [-0.15, -0.1) is 11.3 Å². The molecule has 1 aliphatic rings. The number of halogens is 1. The largest absolute Gasteiger partial charge is 0.497 e. The van der Waals surface area contributed by atoms with Crippen molar-refractivity contribution >= 4 is 55.4 Å². The number of rotatable bonds is 3. The number of ether oxygens (including phenoxy) is 1. The maximum Gasteiger partial charge on any atom is 0.265 e. The maximum absolute atomic E-state index is 13.3. The third-order valence-electron chi connectivity index (χ3n) is 5.72. The van der Waals surface area contributed by atoms with Crippen molar-refractivity contribution in [1.29, 1.82) is 0 Å². The van der Waals surface area contributed by atoms with E-state index in [1.807, 2.05) is 29.2 Å². The van der Waals surface area contributed by atoms with E-state index >= 15 is 0 Å². The lowest BCUT2D eigenvalue weighted by Gasteiger charge is -2.36. The lowest BCUT2D eigenvalue weighted by atomic mass is 10.1. The van der Waals surface area contributed by atoms with Crippen molar-refractivity contribution in [2.45, 2.75) is 0 Å². The number of amides is 1. The Morgan fingerprint density at radius 3 is 2.43 bits per heavy atom.